The highest BCUT2D eigenvalue weighted by molar-refractivity contribution is 8.26. The number of nitrogens with zero attached hydrogens (tertiary/aromatic N) is 2. The van der Waals surface area contributed by atoms with Gasteiger partial charge in [-0.2, -0.15) is 5.01 Å². The van der Waals surface area contributed by atoms with Crippen LogP contribution in [0.4, 0.5) is 5.69 Å². The lowest BCUT2D eigenvalue weighted by molar-refractivity contribution is -0.384. The minimum atomic E-state index is -0.567. The number of nitro benzene ring substituents is 1. The van der Waals surface area contributed by atoms with E-state index in [0.717, 1.165) is 16.8 Å². The second-order valence-electron chi connectivity index (χ2n) is 5.36. The Balaban J connectivity index is 1.78. The number of nitrogens with one attached hydrogen (secondary N) is 1. The quantitative estimate of drug-likeness (QED) is 0.350. The molecule has 27 heavy (non-hydrogen) atoms. The zero-order valence-corrected chi connectivity index (χ0v) is 15.1. The van der Waals surface area contributed by atoms with Gasteiger partial charge in [0.2, 0.25) is 0 Å². The van der Waals surface area contributed by atoms with E-state index in [1.807, 2.05) is 0 Å². The van der Waals surface area contributed by atoms with E-state index in [2.05, 4.69) is 5.43 Å². The molecule has 0 unspecified atom stereocenters. The number of aromatic hydroxyl groups is 1. The zero-order chi connectivity index (χ0) is 19.6. The fourth-order valence-electron chi connectivity index (χ4n) is 2.22. The molecule has 3 rings (SSSR count). The fourth-order valence-corrected chi connectivity index (χ4v) is 3.40. The third kappa shape index (κ3) is 4.13. The molecule has 0 atom stereocenters. The molecule has 1 fully saturated rings. The summed E-state index contributed by atoms with van der Waals surface area (Å²) in [5.41, 5.74) is 3.02. The molecule has 0 saturated carbocycles. The molecule has 0 bridgehead atoms. The molecule has 8 nitrogen and oxygen atoms in total. The predicted molar refractivity (Wildman–Crippen MR) is 104 cm³/mol. The fraction of sp³-hybridized carbons (Fsp3) is 0. The van der Waals surface area contributed by atoms with Crippen molar-refractivity contribution in [2.75, 3.05) is 0 Å². The molecule has 136 valence electrons. The first kappa shape index (κ1) is 18.5. The first-order valence-electron chi connectivity index (χ1n) is 7.47. The molecule has 0 spiro atoms. The molecule has 0 aromatic heterocycles. The minimum absolute atomic E-state index is 0.0112. The highest BCUT2D eigenvalue weighted by atomic mass is 32.2. The lowest BCUT2D eigenvalue weighted by atomic mass is 10.2. The number of hydrogen-bond acceptors (Lipinski definition) is 7. The van der Waals surface area contributed by atoms with Crippen LogP contribution in [0.2, 0.25) is 0 Å². The van der Waals surface area contributed by atoms with Crippen LogP contribution in [-0.2, 0) is 4.79 Å². The largest absolute Gasteiger partial charge is 0.508 e. The molecule has 1 saturated heterocycles. The van der Waals surface area contributed by atoms with Crippen molar-refractivity contribution in [1.29, 1.82) is 0 Å². The molecule has 1 heterocycles. The molecule has 2 aromatic carbocycles. The Morgan fingerprint density at radius 1 is 1.26 bits per heavy atom. The van der Waals surface area contributed by atoms with E-state index >= 15 is 0 Å². The highest BCUT2D eigenvalue weighted by Crippen LogP contribution is 2.32. The van der Waals surface area contributed by atoms with Crippen LogP contribution in [0.5, 0.6) is 5.75 Å². The van der Waals surface area contributed by atoms with E-state index in [-0.39, 0.29) is 26.2 Å². The normalized spacial score (nSPS) is 15.3. The van der Waals surface area contributed by atoms with Crippen molar-refractivity contribution in [1.82, 2.24) is 10.4 Å². The van der Waals surface area contributed by atoms with Gasteiger partial charge >= 0.3 is 0 Å². The lowest BCUT2D eigenvalue weighted by Gasteiger charge is -2.15. The number of phenols is 1. The number of nitro groups is 1. The molecule has 2 aromatic rings. The number of amides is 2. The van der Waals surface area contributed by atoms with Crippen molar-refractivity contribution < 1.29 is 19.6 Å². The van der Waals surface area contributed by atoms with Gasteiger partial charge in [-0.3, -0.25) is 25.1 Å². The molecule has 1 aliphatic rings. The number of thioether (sulfide) groups is 1. The second-order valence-corrected chi connectivity index (χ2v) is 7.03. The minimum Gasteiger partial charge on any atom is -0.508 e. The number of benzene rings is 2. The number of hydrazine groups is 1. The molecular formula is C17H11N3O5S2. The number of phenolic OH excluding ortho intramolecular Hbond substituents is 1. The van der Waals surface area contributed by atoms with Crippen LogP contribution in [0.25, 0.3) is 6.08 Å². The van der Waals surface area contributed by atoms with Gasteiger partial charge in [-0.1, -0.05) is 23.9 Å². The average Bonchev–Trinajstić information content (AvgIpc) is 2.90. The van der Waals surface area contributed by atoms with Crippen LogP contribution < -0.4 is 5.43 Å². The SMILES string of the molecule is O=C(NN1C(=O)C(=Cc2cccc([N+](=O)[O-])c2)SC1=S)c1ccc(O)cc1. The molecular weight excluding hydrogens is 390 g/mol. The van der Waals surface area contributed by atoms with Gasteiger partial charge in [-0.15, -0.1) is 0 Å². The molecule has 1 aliphatic heterocycles. The Bertz CT molecular complexity index is 988. The summed E-state index contributed by atoms with van der Waals surface area (Å²) in [6, 6.07) is 11.3. The van der Waals surface area contributed by atoms with Gasteiger partial charge in [0.25, 0.3) is 17.5 Å². The Labute approximate surface area is 162 Å². The molecule has 2 amide bonds. The summed E-state index contributed by atoms with van der Waals surface area (Å²) in [6.07, 6.45) is 1.47. The van der Waals surface area contributed by atoms with Crippen LogP contribution in [0.3, 0.4) is 0 Å². The lowest BCUT2D eigenvalue weighted by Crippen LogP contribution is -2.44. The van der Waals surface area contributed by atoms with Crippen molar-refractivity contribution in [3.8, 4) is 5.75 Å². The number of carbonyl (C=O) groups excluding carboxylic acids is 2. The summed E-state index contributed by atoms with van der Waals surface area (Å²) in [4.78, 5) is 35.3. The van der Waals surface area contributed by atoms with Crippen LogP contribution in [0.15, 0.2) is 53.4 Å². The predicted octanol–water partition coefficient (Wildman–Crippen LogP) is 2.85. The van der Waals surface area contributed by atoms with Crippen molar-refractivity contribution in [2.45, 2.75) is 0 Å². The summed E-state index contributed by atoms with van der Waals surface area (Å²) < 4.78 is 0.129. The zero-order valence-electron chi connectivity index (χ0n) is 13.5. The Morgan fingerprint density at radius 2 is 1.96 bits per heavy atom. The van der Waals surface area contributed by atoms with E-state index in [0.29, 0.717) is 5.56 Å². The van der Waals surface area contributed by atoms with Gasteiger partial charge in [0.1, 0.15) is 5.75 Å². The summed E-state index contributed by atoms with van der Waals surface area (Å²) in [5, 5.41) is 21.1. The maximum absolute atomic E-state index is 12.5. The number of rotatable bonds is 4. The second kappa shape index (κ2) is 7.56. The Morgan fingerprint density at radius 3 is 2.63 bits per heavy atom. The van der Waals surface area contributed by atoms with Crippen LogP contribution in [0, 0.1) is 10.1 Å². The smallest absolute Gasteiger partial charge is 0.285 e. The van der Waals surface area contributed by atoms with Gasteiger partial charge in [0, 0.05) is 17.7 Å². The van der Waals surface area contributed by atoms with Gasteiger partial charge in [0.15, 0.2) is 4.32 Å². The van der Waals surface area contributed by atoms with E-state index in [1.165, 1.54) is 48.5 Å². The summed E-state index contributed by atoms with van der Waals surface area (Å²) in [7, 11) is 0. The summed E-state index contributed by atoms with van der Waals surface area (Å²) in [5.74, 6) is -1.09. The van der Waals surface area contributed by atoms with Gasteiger partial charge < -0.3 is 5.11 Å². The molecule has 10 heteroatoms. The van der Waals surface area contributed by atoms with Gasteiger partial charge in [-0.05, 0) is 48.1 Å². The van der Waals surface area contributed by atoms with Gasteiger partial charge in [0.05, 0.1) is 9.83 Å². The number of carbonyl (C=O) groups is 2. The van der Waals surface area contributed by atoms with Crippen LogP contribution >= 0.6 is 24.0 Å². The first-order valence-corrected chi connectivity index (χ1v) is 8.70. The standard InChI is InChI=1S/C17H11N3O5S2/c21-13-6-4-11(5-7-13)15(22)18-19-16(23)14(27-17(19)26)9-10-2-1-3-12(8-10)20(24)25/h1-9,21H,(H,18,22). The van der Waals surface area contributed by atoms with E-state index in [1.54, 1.807) is 6.07 Å². The van der Waals surface area contributed by atoms with Crippen molar-refractivity contribution in [3.05, 3.63) is 74.7 Å². The Hall–Kier alpha value is -3.24. The third-order valence-electron chi connectivity index (χ3n) is 3.52. The average molecular weight is 401 g/mol. The Kier molecular flexibility index (Phi) is 5.19. The van der Waals surface area contributed by atoms with E-state index in [4.69, 9.17) is 12.2 Å². The molecule has 2 N–H and O–H groups in total. The highest BCUT2D eigenvalue weighted by Gasteiger charge is 2.33. The summed E-state index contributed by atoms with van der Waals surface area (Å²) >= 11 is 6.11. The maximum atomic E-state index is 12.5. The van der Waals surface area contributed by atoms with Crippen LogP contribution in [0.1, 0.15) is 15.9 Å². The van der Waals surface area contributed by atoms with Crippen molar-refractivity contribution >= 4 is 51.9 Å². The number of thiocarbonyl (C=S) groups is 1. The van der Waals surface area contributed by atoms with Gasteiger partial charge in [-0.25, -0.2) is 0 Å². The summed E-state index contributed by atoms with van der Waals surface area (Å²) in [6.45, 7) is 0. The van der Waals surface area contributed by atoms with Crippen molar-refractivity contribution in [3.63, 3.8) is 0 Å². The monoisotopic (exact) mass is 401 g/mol. The molecule has 0 aliphatic carbocycles. The van der Waals surface area contributed by atoms with Crippen molar-refractivity contribution in [2.24, 2.45) is 0 Å². The third-order valence-corrected chi connectivity index (χ3v) is 4.82. The molecule has 0 radical (unpaired) electrons. The number of non-ortho nitro benzene ring substituents is 1. The van der Waals surface area contributed by atoms with Crippen LogP contribution in [-0.4, -0.2) is 31.2 Å². The van der Waals surface area contributed by atoms with E-state index < -0.39 is 16.7 Å². The van der Waals surface area contributed by atoms with E-state index in [9.17, 15) is 24.8 Å². The number of hydrogen-bond donors (Lipinski definition) is 2. The maximum Gasteiger partial charge on any atom is 0.285 e. The first-order chi connectivity index (χ1) is 12.8. The topological polar surface area (TPSA) is 113 Å².